The van der Waals surface area contributed by atoms with E-state index in [-0.39, 0.29) is 0 Å². The summed E-state index contributed by atoms with van der Waals surface area (Å²) in [5, 5.41) is 0. The molecule has 16 heavy (non-hydrogen) atoms. The maximum absolute atomic E-state index is 10.7. The molecule has 0 bridgehead atoms. The Bertz CT molecular complexity index is 518. The summed E-state index contributed by atoms with van der Waals surface area (Å²) < 4.78 is 0. The molecular formula is C13H12N2O. The Hall–Kier alpha value is -2.03. The standard InChI is InChI=1S/C13H12N2O/c1-9-3-4-11(8-16)5-13(9)12-6-14-10(2)15-7-12/h3-8H,1-2H3. The van der Waals surface area contributed by atoms with Gasteiger partial charge in [0.25, 0.3) is 0 Å². The molecule has 0 fully saturated rings. The van der Waals surface area contributed by atoms with Gasteiger partial charge in [-0.1, -0.05) is 12.1 Å². The molecule has 0 atom stereocenters. The molecule has 0 spiro atoms. The van der Waals surface area contributed by atoms with Crippen LogP contribution in [0.15, 0.2) is 30.6 Å². The highest BCUT2D eigenvalue weighted by Gasteiger charge is 2.04. The van der Waals surface area contributed by atoms with Gasteiger partial charge in [-0.25, -0.2) is 9.97 Å². The molecule has 80 valence electrons. The molecule has 1 aromatic heterocycles. The lowest BCUT2D eigenvalue weighted by atomic mass is 10.0. The minimum absolute atomic E-state index is 0.668. The van der Waals surface area contributed by atoms with Crippen molar-refractivity contribution in [2.24, 2.45) is 0 Å². The third-order valence-electron chi connectivity index (χ3n) is 2.49. The third kappa shape index (κ3) is 1.98. The Kier molecular flexibility index (Phi) is 2.77. The van der Waals surface area contributed by atoms with Gasteiger partial charge in [0.2, 0.25) is 0 Å². The van der Waals surface area contributed by atoms with E-state index in [0.717, 1.165) is 28.8 Å². The van der Waals surface area contributed by atoms with Crippen LogP contribution in [0, 0.1) is 13.8 Å². The topological polar surface area (TPSA) is 42.9 Å². The van der Waals surface area contributed by atoms with Crippen LogP contribution in [0.1, 0.15) is 21.7 Å². The normalized spacial score (nSPS) is 10.1. The van der Waals surface area contributed by atoms with E-state index in [9.17, 15) is 4.79 Å². The Balaban J connectivity index is 2.54. The van der Waals surface area contributed by atoms with Crippen molar-refractivity contribution in [1.82, 2.24) is 9.97 Å². The molecule has 0 aliphatic rings. The molecule has 0 saturated carbocycles. The molecule has 3 nitrogen and oxygen atoms in total. The van der Waals surface area contributed by atoms with Crippen LogP contribution in [-0.4, -0.2) is 16.3 Å². The smallest absolute Gasteiger partial charge is 0.150 e. The van der Waals surface area contributed by atoms with Crippen LogP contribution in [0.5, 0.6) is 0 Å². The first-order chi connectivity index (χ1) is 7.70. The minimum atomic E-state index is 0.668. The number of nitrogens with zero attached hydrogens (tertiary/aromatic N) is 2. The molecular weight excluding hydrogens is 200 g/mol. The van der Waals surface area contributed by atoms with Crippen molar-refractivity contribution in [1.29, 1.82) is 0 Å². The first-order valence-electron chi connectivity index (χ1n) is 5.05. The molecule has 0 aliphatic heterocycles. The minimum Gasteiger partial charge on any atom is -0.298 e. The summed E-state index contributed by atoms with van der Waals surface area (Å²) >= 11 is 0. The fourth-order valence-electron chi connectivity index (χ4n) is 1.56. The zero-order valence-corrected chi connectivity index (χ0v) is 9.27. The van der Waals surface area contributed by atoms with E-state index in [1.165, 1.54) is 0 Å². The van der Waals surface area contributed by atoms with Crippen molar-refractivity contribution < 1.29 is 4.79 Å². The van der Waals surface area contributed by atoms with Gasteiger partial charge in [-0.3, -0.25) is 4.79 Å². The number of hydrogen-bond donors (Lipinski definition) is 0. The summed E-state index contributed by atoms with van der Waals surface area (Å²) in [4.78, 5) is 19.0. The fraction of sp³-hybridized carbons (Fsp3) is 0.154. The zero-order chi connectivity index (χ0) is 11.5. The van der Waals surface area contributed by atoms with Crippen molar-refractivity contribution >= 4 is 6.29 Å². The predicted molar refractivity (Wildman–Crippen MR) is 62.3 cm³/mol. The highest BCUT2D eigenvalue weighted by atomic mass is 16.1. The van der Waals surface area contributed by atoms with Crippen LogP contribution in [-0.2, 0) is 0 Å². The molecule has 0 unspecified atom stereocenters. The van der Waals surface area contributed by atoms with Crippen molar-refractivity contribution in [2.75, 3.05) is 0 Å². The van der Waals surface area contributed by atoms with Gasteiger partial charge in [0, 0.05) is 23.5 Å². The number of hydrogen-bond acceptors (Lipinski definition) is 3. The summed E-state index contributed by atoms with van der Waals surface area (Å²) in [6, 6.07) is 5.59. The van der Waals surface area contributed by atoms with Gasteiger partial charge in [0.15, 0.2) is 0 Å². The van der Waals surface area contributed by atoms with Gasteiger partial charge in [-0.05, 0) is 31.0 Å². The third-order valence-corrected chi connectivity index (χ3v) is 2.49. The first-order valence-corrected chi connectivity index (χ1v) is 5.05. The second-order valence-corrected chi connectivity index (χ2v) is 3.71. The van der Waals surface area contributed by atoms with Crippen molar-refractivity contribution in [3.63, 3.8) is 0 Å². The van der Waals surface area contributed by atoms with Gasteiger partial charge in [0.1, 0.15) is 12.1 Å². The van der Waals surface area contributed by atoms with Crippen molar-refractivity contribution in [2.45, 2.75) is 13.8 Å². The summed E-state index contributed by atoms with van der Waals surface area (Å²) in [6.07, 6.45) is 4.40. The lowest BCUT2D eigenvalue weighted by Crippen LogP contribution is -1.91. The Morgan fingerprint density at radius 3 is 2.44 bits per heavy atom. The fourth-order valence-corrected chi connectivity index (χ4v) is 1.56. The molecule has 0 saturated heterocycles. The molecule has 2 aromatic rings. The molecule has 0 radical (unpaired) electrons. The summed E-state index contributed by atoms with van der Waals surface area (Å²) in [5.41, 5.74) is 3.72. The van der Waals surface area contributed by atoms with E-state index in [0.29, 0.717) is 5.56 Å². The molecule has 0 N–H and O–H groups in total. The Morgan fingerprint density at radius 2 is 1.81 bits per heavy atom. The maximum atomic E-state index is 10.7. The van der Waals surface area contributed by atoms with Gasteiger partial charge in [0.05, 0.1) is 0 Å². The molecule has 0 amide bonds. The van der Waals surface area contributed by atoms with E-state index >= 15 is 0 Å². The Labute approximate surface area is 94.2 Å². The largest absolute Gasteiger partial charge is 0.298 e. The quantitative estimate of drug-likeness (QED) is 0.718. The number of rotatable bonds is 2. The lowest BCUT2D eigenvalue weighted by Gasteiger charge is -2.06. The average molecular weight is 212 g/mol. The van der Waals surface area contributed by atoms with Crippen molar-refractivity contribution in [3.05, 3.63) is 47.5 Å². The molecule has 3 heteroatoms. The highest BCUT2D eigenvalue weighted by molar-refractivity contribution is 5.79. The van der Waals surface area contributed by atoms with Crippen LogP contribution < -0.4 is 0 Å². The molecule has 0 aliphatic carbocycles. The monoisotopic (exact) mass is 212 g/mol. The van der Waals surface area contributed by atoms with Gasteiger partial charge in [-0.2, -0.15) is 0 Å². The first kappa shape index (κ1) is 10.5. The summed E-state index contributed by atoms with van der Waals surface area (Å²) in [5.74, 6) is 0.743. The number of aromatic nitrogens is 2. The van der Waals surface area contributed by atoms with E-state index in [4.69, 9.17) is 0 Å². The van der Waals surface area contributed by atoms with Crippen molar-refractivity contribution in [3.8, 4) is 11.1 Å². The molecule has 1 aromatic carbocycles. The van der Waals surface area contributed by atoms with E-state index < -0.39 is 0 Å². The van der Waals surface area contributed by atoms with Crippen LogP contribution >= 0.6 is 0 Å². The van der Waals surface area contributed by atoms with Gasteiger partial charge in [-0.15, -0.1) is 0 Å². The SMILES string of the molecule is Cc1ncc(-c2cc(C=O)ccc2C)cn1. The summed E-state index contributed by atoms with van der Waals surface area (Å²) in [6.45, 7) is 3.85. The highest BCUT2D eigenvalue weighted by Crippen LogP contribution is 2.22. The number of carbonyl (C=O) groups is 1. The summed E-state index contributed by atoms with van der Waals surface area (Å²) in [7, 11) is 0. The Morgan fingerprint density at radius 1 is 1.12 bits per heavy atom. The number of carbonyl (C=O) groups excluding carboxylic acids is 1. The maximum Gasteiger partial charge on any atom is 0.150 e. The van der Waals surface area contributed by atoms with Crippen LogP contribution in [0.2, 0.25) is 0 Å². The average Bonchev–Trinajstić information content (AvgIpc) is 2.31. The predicted octanol–water partition coefficient (Wildman–Crippen LogP) is 2.57. The molecule has 1 heterocycles. The number of aldehydes is 1. The number of benzene rings is 1. The second kappa shape index (κ2) is 4.23. The van der Waals surface area contributed by atoms with E-state index in [2.05, 4.69) is 9.97 Å². The van der Waals surface area contributed by atoms with Gasteiger partial charge >= 0.3 is 0 Å². The second-order valence-electron chi connectivity index (χ2n) is 3.71. The van der Waals surface area contributed by atoms with Crippen LogP contribution in [0.25, 0.3) is 11.1 Å². The van der Waals surface area contributed by atoms with E-state index in [1.807, 2.05) is 26.0 Å². The van der Waals surface area contributed by atoms with Gasteiger partial charge < -0.3 is 0 Å². The number of aryl methyl sites for hydroxylation is 2. The van der Waals surface area contributed by atoms with Crippen LogP contribution in [0.4, 0.5) is 0 Å². The molecule has 2 rings (SSSR count). The lowest BCUT2D eigenvalue weighted by molar-refractivity contribution is 0.112. The van der Waals surface area contributed by atoms with Crippen LogP contribution in [0.3, 0.4) is 0 Å². The van der Waals surface area contributed by atoms with E-state index in [1.54, 1.807) is 18.5 Å². The zero-order valence-electron chi connectivity index (χ0n) is 9.27.